The number of methoxy groups -OCH3 is 2. The van der Waals surface area contributed by atoms with Crippen LogP contribution >= 0.6 is 0 Å². The summed E-state index contributed by atoms with van der Waals surface area (Å²) in [5.41, 5.74) is 1.38. The van der Waals surface area contributed by atoms with Crippen LogP contribution in [0.5, 0.6) is 11.5 Å². The normalized spacial score (nSPS) is 17.5. The lowest BCUT2D eigenvalue weighted by atomic mass is 10.00. The van der Waals surface area contributed by atoms with Crippen molar-refractivity contribution in [1.82, 2.24) is 24.5 Å². The highest BCUT2D eigenvalue weighted by Gasteiger charge is 2.35. The molecule has 1 aromatic carbocycles. The average Bonchev–Trinajstić information content (AvgIpc) is 3.29. The van der Waals surface area contributed by atoms with Crippen molar-refractivity contribution in [1.29, 1.82) is 0 Å². The molecule has 0 radical (unpaired) electrons. The maximum atomic E-state index is 13.4. The fourth-order valence-electron chi connectivity index (χ4n) is 3.60. The second kappa shape index (κ2) is 8.60. The van der Waals surface area contributed by atoms with Gasteiger partial charge in [0, 0.05) is 25.4 Å². The minimum Gasteiger partial charge on any atom is -0.497 e. The number of sulfonamides is 1. The van der Waals surface area contributed by atoms with Crippen molar-refractivity contribution in [3.63, 3.8) is 0 Å². The summed E-state index contributed by atoms with van der Waals surface area (Å²) in [6.45, 7) is 2.46. The SMILES string of the molecule is COc1ccc(OC)c(S(=O)(=O)N2CCC[C@H](c3nnc(-c4cncnc4C)o3)C2)c1. The second-order valence-electron chi connectivity index (χ2n) is 7.19. The van der Waals surface area contributed by atoms with Crippen molar-refractivity contribution >= 4 is 10.0 Å². The summed E-state index contributed by atoms with van der Waals surface area (Å²) >= 11 is 0. The third-order valence-electron chi connectivity index (χ3n) is 5.30. The van der Waals surface area contributed by atoms with Crippen molar-refractivity contribution in [2.45, 2.75) is 30.6 Å². The number of nitrogens with zero attached hydrogens (tertiary/aromatic N) is 5. The van der Waals surface area contributed by atoms with Gasteiger partial charge in [-0.15, -0.1) is 10.2 Å². The molecule has 0 saturated carbocycles. The summed E-state index contributed by atoms with van der Waals surface area (Å²) in [5.74, 6) is 1.21. The van der Waals surface area contributed by atoms with Crippen LogP contribution in [0.25, 0.3) is 11.5 Å². The van der Waals surface area contributed by atoms with E-state index in [1.165, 1.54) is 30.9 Å². The number of benzene rings is 1. The summed E-state index contributed by atoms with van der Waals surface area (Å²) in [5, 5.41) is 8.29. The molecular formula is C20H23N5O5S. The van der Waals surface area contributed by atoms with Crippen molar-refractivity contribution in [3.8, 4) is 23.0 Å². The maximum Gasteiger partial charge on any atom is 0.251 e. The highest BCUT2D eigenvalue weighted by Crippen LogP contribution is 2.35. The van der Waals surface area contributed by atoms with E-state index in [-0.39, 0.29) is 23.1 Å². The highest BCUT2D eigenvalue weighted by molar-refractivity contribution is 7.89. The van der Waals surface area contributed by atoms with Crippen LogP contribution in [0.1, 0.15) is 30.3 Å². The molecule has 0 unspecified atom stereocenters. The van der Waals surface area contributed by atoms with Gasteiger partial charge in [-0.2, -0.15) is 4.31 Å². The maximum absolute atomic E-state index is 13.4. The van der Waals surface area contributed by atoms with Crippen LogP contribution in [0.3, 0.4) is 0 Å². The number of aryl methyl sites for hydroxylation is 1. The minimum atomic E-state index is -3.81. The number of hydrogen-bond donors (Lipinski definition) is 0. The fraction of sp³-hybridized carbons (Fsp3) is 0.400. The summed E-state index contributed by atoms with van der Waals surface area (Å²) in [4.78, 5) is 8.21. The van der Waals surface area contributed by atoms with Gasteiger partial charge in [0.1, 0.15) is 22.7 Å². The average molecular weight is 446 g/mol. The molecule has 1 fully saturated rings. The Hall–Kier alpha value is -3.05. The van der Waals surface area contributed by atoms with E-state index >= 15 is 0 Å². The van der Waals surface area contributed by atoms with E-state index in [0.29, 0.717) is 36.1 Å². The van der Waals surface area contributed by atoms with Crippen molar-refractivity contribution < 1.29 is 22.3 Å². The molecule has 1 aliphatic rings. The molecule has 1 aliphatic heterocycles. The van der Waals surface area contributed by atoms with Crippen LogP contribution < -0.4 is 9.47 Å². The third kappa shape index (κ3) is 4.10. The quantitative estimate of drug-likeness (QED) is 0.563. The molecule has 0 aliphatic carbocycles. The molecule has 31 heavy (non-hydrogen) atoms. The van der Waals surface area contributed by atoms with Crippen LogP contribution in [-0.4, -0.2) is 60.2 Å². The predicted molar refractivity (Wildman–Crippen MR) is 110 cm³/mol. The van der Waals surface area contributed by atoms with E-state index in [4.69, 9.17) is 13.9 Å². The molecule has 1 saturated heterocycles. The zero-order valence-corrected chi connectivity index (χ0v) is 18.3. The zero-order valence-electron chi connectivity index (χ0n) is 17.5. The Morgan fingerprint density at radius 1 is 1.19 bits per heavy atom. The van der Waals surface area contributed by atoms with Gasteiger partial charge in [0.25, 0.3) is 5.89 Å². The lowest BCUT2D eigenvalue weighted by Gasteiger charge is -2.30. The Kier molecular flexibility index (Phi) is 5.88. The van der Waals surface area contributed by atoms with E-state index in [1.54, 1.807) is 18.3 Å². The van der Waals surface area contributed by atoms with E-state index in [9.17, 15) is 8.42 Å². The molecular weight excluding hydrogens is 422 g/mol. The van der Waals surface area contributed by atoms with Crippen LogP contribution in [-0.2, 0) is 10.0 Å². The topological polar surface area (TPSA) is 121 Å². The number of rotatable bonds is 6. The van der Waals surface area contributed by atoms with Crippen LogP contribution in [0.15, 0.2) is 40.0 Å². The number of ether oxygens (including phenoxy) is 2. The lowest BCUT2D eigenvalue weighted by molar-refractivity contribution is 0.285. The van der Waals surface area contributed by atoms with Crippen molar-refractivity contribution in [2.24, 2.45) is 0 Å². The number of piperidine rings is 1. The molecule has 11 heteroatoms. The molecule has 0 N–H and O–H groups in total. The first-order valence-electron chi connectivity index (χ1n) is 9.76. The summed E-state index contributed by atoms with van der Waals surface area (Å²) < 4.78 is 44.6. The molecule has 3 aromatic rings. The third-order valence-corrected chi connectivity index (χ3v) is 7.19. The van der Waals surface area contributed by atoms with Crippen LogP contribution in [0, 0.1) is 6.92 Å². The Morgan fingerprint density at radius 2 is 2.03 bits per heavy atom. The van der Waals surface area contributed by atoms with E-state index < -0.39 is 10.0 Å². The molecule has 164 valence electrons. The number of aromatic nitrogens is 4. The summed E-state index contributed by atoms with van der Waals surface area (Å²) in [6.07, 6.45) is 4.48. The van der Waals surface area contributed by atoms with Gasteiger partial charge >= 0.3 is 0 Å². The van der Waals surface area contributed by atoms with Crippen molar-refractivity contribution in [3.05, 3.63) is 42.3 Å². The van der Waals surface area contributed by atoms with Gasteiger partial charge in [-0.1, -0.05) is 0 Å². The minimum absolute atomic E-state index is 0.0678. The Labute approximate surface area is 180 Å². The van der Waals surface area contributed by atoms with Gasteiger partial charge in [-0.3, -0.25) is 0 Å². The second-order valence-corrected chi connectivity index (χ2v) is 9.09. The monoisotopic (exact) mass is 445 g/mol. The first kappa shape index (κ1) is 21.2. The zero-order chi connectivity index (χ0) is 22.0. The van der Waals surface area contributed by atoms with Crippen molar-refractivity contribution in [2.75, 3.05) is 27.3 Å². The van der Waals surface area contributed by atoms with Gasteiger partial charge in [-0.05, 0) is 31.9 Å². The highest BCUT2D eigenvalue weighted by atomic mass is 32.2. The fourth-order valence-corrected chi connectivity index (χ4v) is 5.29. The summed E-state index contributed by atoms with van der Waals surface area (Å²) in [7, 11) is -0.884. The van der Waals surface area contributed by atoms with E-state index in [0.717, 1.165) is 12.1 Å². The molecule has 0 bridgehead atoms. The molecule has 0 spiro atoms. The smallest absolute Gasteiger partial charge is 0.251 e. The molecule has 2 aromatic heterocycles. The molecule has 4 rings (SSSR count). The first-order chi connectivity index (χ1) is 14.9. The van der Waals surface area contributed by atoms with Gasteiger partial charge < -0.3 is 13.9 Å². The Bertz CT molecular complexity index is 1180. The Balaban J connectivity index is 1.60. The summed E-state index contributed by atoms with van der Waals surface area (Å²) in [6, 6.07) is 4.72. The largest absolute Gasteiger partial charge is 0.497 e. The van der Waals surface area contributed by atoms with Crippen LogP contribution in [0.4, 0.5) is 0 Å². The lowest BCUT2D eigenvalue weighted by Crippen LogP contribution is -2.39. The Morgan fingerprint density at radius 3 is 2.77 bits per heavy atom. The molecule has 0 amide bonds. The number of hydrogen-bond acceptors (Lipinski definition) is 9. The van der Waals surface area contributed by atoms with Crippen LogP contribution in [0.2, 0.25) is 0 Å². The predicted octanol–water partition coefficient (Wildman–Crippen LogP) is 2.42. The van der Waals surface area contributed by atoms with Gasteiger partial charge in [0.2, 0.25) is 15.9 Å². The van der Waals surface area contributed by atoms with Gasteiger partial charge in [0.05, 0.1) is 31.4 Å². The van der Waals surface area contributed by atoms with E-state index in [2.05, 4.69) is 20.2 Å². The molecule has 10 nitrogen and oxygen atoms in total. The molecule has 3 heterocycles. The molecule has 1 atom stereocenters. The van der Waals surface area contributed by atoms with E-state index in [1.807, 2.05) is 6.92 Å². The standard InChI is InChI=1S/C20H23N5O5S/c1-13-16(10-21-12-22-13)20-24-23-19(30-20)14-5-4-8-25(11-14)31(26,27)18-9-15(28-2)6-7-17(18)29-3/h6-7,9-10,12,14H,4-5,8,11H2,1-3H3/t14-/m0/s1. The first-order valence-corrected chi connectivity index (χ1v) is 11.2. The van der Waals surface area contributed by atoms with Gasteiger partial charge in [-0.25, -0.2) is 18.4 Å². The van der Waals surface area contributed by atoms with Gasteiger partial charge in [0.15, 0.2) is 0 Å².